The van der Waals surface area contributed by atoms with Crippen molar-refractivity contribution < 1.29 is 4.52 Å². The van der Waals surface area contributed by atoms with Gasteiger partial charge >= 0.3 is 0 Å². The van der Waals surface area contributed by atoms with Crippen LogP contribution >= 0.6 is 9.47 Å². The molecule has 1 rings (SSSR count). The molecule has 0 radical (unpaired) electrons. The molecule has 0 saturated heterocycles. The van der Waals surface area contributed by atoms with E-state index in [1.807, 2.05) is 0 Å². The molecule has 0 saturated carbocycles. The highest BCUT2D eigenvalue weighted by molar-refractivity contribution is 7.09. The van der Waals surface area contributed by atoms with Crippen molar-refractivity contribution in [3.63, 3.8) is 0 Å². The molecule has 1 nitrogen and oxygen atoms in total. The first-order chi connectivity index (χ1) is 6.61. The van der Waals surface area contributed by atoms with Crippen LogP contribution < -0.4 is 0 Å². The van der Waals surface area contributed by atoms with Crippen molar-refractivity contribution in [1.29, 1.82) is 0 Å². The zero-order chi connectivity index (χ0) is 10.7. The monoisotopic (exact) mass is 210 g/mol. The van der Waals surface area contributed by atoms with Crippen molar-refractivity contribution in [2.75, 3.05) is 0 Å². The molecule has 0 aliphatic carbocycles. The summed E-state index contributed by atoms with van der Waals surface area (Å²) in [5, 5.41) is 0. The van der Waals surface area contributed by atoms with E-state index in [2.05, 4.69) is 43.2 Å². The Kier molecular flexibility index (Phi) is 4.10. The topological polar surface area (TPSA) is 9.23 Å². The molecule has 0 aromatic heterocycles. The van der Waals surface area contributed by atoms with E-state index in [0.29, 0.717) is 6.61 Å². The van der Waals surface area contributed by atoms with Gasteiger partial charge in [-0.25, -0.2) is 0 Å². The molecule has 2 heteroatoms. The van der Waals surface area contributed by atoms with Gasteiger partial charge in [0.15, 0.2) is 0 Å². The van der Waals surface area contributed by atoms with E-state index >= 15 is 0 Å². The van der Waals surface area contributed by atoms with Crippen LogP contribution in [0.25, 0.3) is 0 Å². The predicted octanol–water partition coefficient (Wildman–Crippen LogP) is 3.48. The Balaban J connectivity index is 3.25. The molecule has 1 atom stereocenters. The summed E-state index contributed by atoms with van der Waals surface area (Å²) in [5.41, 5.74) is 6.94. The van der Waals surface area contributed by atoms with Crippen LogP contribution in [0.5, 0.6) is 0 Å². The maximum absolute atomic E-state index is 5.12. The molecule has 1 unspecified atom stereocenters. The second kappa shape index (κ2) is 4.91. The summed E-state index contributed by atoms with van der Waals surface area (Å²) in [7, 11) is 2.31. The SMILES string of the molecule is CCc1cc(COP)c(C)c(C)c1C. The van der Waals surface area contributed by atoms with Crippen molar-refractivity contribution in [2.45, 2.75) is 40.7 Å². The normalized spacial score (nSPS) is 10.6. The van der Waals surface area contributed by atoms with E-state index in [-0.39, 0.29) is 0 Å². The molecule has 0 amide bonds. The van der Waals surface area contributed by atoms with Gasteiger partial charge in [-0.3, -0.25) is 0 Å². The van der Waals surface area contributed by atoms with E-state index in [1.165, 1.54) is 27.8 Å². The molecule has 0 bridgehead atoms. The molecule has 78 valence electrons. The molecule has 1 aromatic carbocycles. The zero-order valence-electron chi connectivity index (χ0n) is 9.48. The summed E-state index contributed by atoms with van der Waals surface area (Å²) in [4.78, 5) is 0. The summed E-state index contributed by atoms with van der Waals surface area (Å²) in [6.45, 7) is 9.44. The van der Waals surface area contributed by atoms with Crippen molar-refractivity contribution >= 4 is 9.47 Å². The zero-order valence-corrected chi connectivity index (χ0v) is 10.6. The molecule has 1 aromatic rings. The van der Waals surface area contributed by atoms with Crippen LogP contribution in [0.15, 0.2) is 6.07 Å². The lowest BCUT2D eigenvalue weighted by atomic mass is 9.93. The Hall–Kier alpha value is -0.390. The number of aryl methyl sites for hydroxylation is 1. The van der Waals surface area contributed by atoms with E-state index in [0.717, 1.165) is 6.42 Å². The van der Waals surface area contributed by atoms with Gasteiger partial charge in [-0.15, -0.1) is 0 Å². The van der Waals surface area contributed by atoms with Crippen molar-refractivity contribution in [3.8, 4) is 0 Å². The summed E-state index contributed by atoms with van der Waals surface area (Å²) < 4.78 is 5.12. The maximum atomic E-state index is 5.12. The average Bonchev–Trinajstić information content (AvgIpc) is 2.19. The summed E-state index contributed by atoms with van der Waals surface area (Å²) in [5.74, 6) is 0. The second-order valence-corrected chi connectivity index (χ2v) is 4.07. The number of benzene rings is 1. The van der Waals surface area contributed by atoms with Gasteiger partial charge in [0.2, 0.25) is 0 Å². The molecule has 0 aliphatic rings. The Morgan fingerprint density at radius 1 is 1.07 bits per heavy atom. The fourth-order valence-corrected chi connectivity index (χ4v) is 1.98. The van der Waals surface area contributed by atoms with E-state index in [4.69, 9.17) is 4.52 Å². The molecular weight excluding hydrogens is 191 g/mol. The van der Waals surface area contributed by atoms with E-state index in [1.54, 1.807) is 0 Å². The second-order valence-electron chi connectivity index (χ2n) is 3.73. The quantitative estimate of drug-likeness (QED) is 0.694. The molecule has 0 aliphatic heterocycles. The van der Waals surface area contributed by atoms with Crippen molar-refractivity contribution in [1.82, 2.24) is 0 Å². The lowest BCUT2D eigenvalue weighted by Crippen LogP contribution is -1.99. The van der Waals surface area contributed by atoms with Gasteiger partial charge in [0.05, 0.1) is 6.61 Å². The van der Waals surface area contributed by atoms with Gasteiger partial charge in [-0.1, -0.05) is 13.0 Å². The van der Waals surface area contributed by atoms with Crippen LogP contribution in [0.3, 0.4) is 0 Å². The minimum atomic E-state index is 0.685. The molecule has 0 N–H and O–H groups in total. The molecule has 0 heterocycles. The lowest BCUT2D eigenvalue weighted by Gasteiger charge is -2.14. The molecular formula is C12H19OP. The number of hydrogen-bond acceptors (Lipinski definition) is 1. The Bertz CT molecular complexity index is 332. The Morgan fingerprint density at radius 2 is 1.64 bits per heavy atom. The minimum Gasteiger partial charge on any atom is -0.361 e. The highest BCUT2D eigenvalue weighted by atomic mass is 31.0. The third-order valence-electron chi connectivity index (χ3n) is 3.06. The molecule has 0 spiro atoms. The van der Waals surface area contributed by atoms with Crippen LogP contribution in [0, 0.1) is 20.8 Å². The highest BCUT2D eigenvalue weighted by Gasteiger charge is 2.07. The van der Waals surface area contributed by atoms with Crippen LogP contribution in [-0.4, -0.2) is 0 Å². The minimum absolute atomic E-state index is 0.685. The Morgan fingerprint density at radius 3 is 2.14 bits per heavy atom. The summed E-state index contributed by atoms with van der Waals surface area (Å²) in [6.07, 6.45) is 1.09. The van der Waals surface area contributed by atoms with Crippen LogP contribution in [0.1, 0.15) is 34.7 Å². The average molecular weight is 210 g/mol. The van der Waals surface area contributed by atoms with Crippen molar-refractivity contribution in [3.05, 3.63) is 33.9 Å². The van der Waals surface area contributed by atoms with Gasteiger partial charge in [0.25, 0.3) is 0 Å². The lowest BCUT2D eigenvalue weighted by molar-refractivity contribution is 0.360. The largest absolute Gasteiger partial charge is 0.361 e. The van der Waals surface area contributed by atoms with Gasteiger partial charge < -0.3 is 4.52 Å². The fourth-order valence-electron chi connectivity index (χ4n) is 1.80. The summed E-state index contributed by atoms with van der Waals surface area (Å²) in [6, 6.07) is 2.27. The van der Waals surface area contributed by atoms with Gasteiger partial charge in [-0.05, 0) is 55.0 Å². The van der Waals surface area contributed by atoms with Gasteiger partial charge in [-0.2, -0.15) is 0 Å². The first-order valence-corrected chi connectivity index (χ1v) is 5.49. The third-order valence-corrected chi connectivity index (χ3v) is 3.22. The molecule has 0 fully saturated rings. The van der Waals surface area contributed by atoms with E-state index < -0.39 is 0 Å². The fraction of sp³-hybridized carbons (Fsp3) is 0.500. The third kappa shape index (κ3) is 2.16. The molecule has 14 heavy (non-hydrogen) atoms. The predicted molar refractivity (Wildman–Crippen MR) is 64.5 cm³/mol. The van der Waals surface area contributed by atoms with Crippen LogP contribution in [-0.2, 0) is 17.6 Å². The Labute approximate surface area is 89.2 Å². The van der Waals surface area contributed by atoms with Gasteiger partial charge in [0, 0.05) is 9.47 Å². The van der Waals surface area contributed by atoms with Crippen molar-refractivity contribution in [2.24, 2.45) is 0 Å². The summed E-state index contributed by atoms with van der Waals surface area (Å²) >= 11 is 0. The van der Waals surface area contributed by atoms with E-state index in [9.17, 15) is 0 Å². The highest BCUT2D eigenvalue weighted by Crippen LogP contribution is 2.23. The first-order valence-electron chi connectivity index (χ1n) is 5.02. The smallest absolute Gasteiger partial charge is 0.0755 e. The number of hydrogen-bond donors (Lipinski definition) is 0. The first kappa shape index (κ1) is 11.7. The maximum Gasteiger partial charge on any atom is 0.0755 e. The van der Waals surface area contributed by atoms with Gasteiger partial charge in [0.1, 0.15) is 0 Å². The standard InChI is InChI=1S/C12H19OP/c1-5-11-6-12(7-13-14)10(4)8(2)9(11)3/h6H,5,7,14H2,1-4H3. The van der Waals surface area contributed by atoms with Crippen LogP contribution in [0.2, 0.25) is 0 Å². The number of rotatable bonds is 3. The van der Waals surface area contributed by atoms with Crippen LogP contribution in [0.4, 0.5) is 0 Å².